The number of ketones is 1. The van der Waals surface area contributed by atoms with Crippen LogP contribution in [0.1, 0.15) is 45.1 Å². The Morgan fingerprint density at radius 1 is 1.00 bits per heavy atom. The molecule has 136 valence electrons. The van der Waals surface area contributed by atoms with E-state index in [1.807, 2.05) is 13.8 Å². The van der Waals surface area contributed by atoms with Crippen molar-refractivity contribution in [3.05, 3.63) is 40.4 Å². The number of halogens is 1. The molecule has 1 aromatic carbocycles. The van der Waals surface area contributed by atoms with Crippen LogP contribution in [-0.4, -0.2) is 30.9 Å². The summed E-state index contributed by atoms with van der Waals surface area (Å²) < 4.78 is 9.97. The lowest BCUT2D eigenvalue weighted by Gasteiger charge is -2.08. The van der Waals surface area contributed by atoms with Gasteiger partial charge >= 0.3 is 11.9 Å². The van der Waals surface area contributed by atoms with Gasteiger partial charge in [0.05, 0.1) is 13.2 Å². The Balaban J connectivity index is 2.99. The van der Waals surface area contributed by atoms with Crippen molar-refractivity contribution in [3.8, 4) is 0 Å². The molecule has 1 rings (SSSR count). The molecule has 0 N–H and O–H groups in total. The summed E-state index contributed by atoms with van der Waals surface area (Å²) in [4.78, 5) is 36.5. The first-order chi connectivity index (χ1) is 12.0. The first kappa shape index (κ1) is 20.9. The fourth-order valence-electron chi connectivity index (χ4n) is 1.85. The molecule has 0 amide bonds. The van der Waals surface area contributed by atoms with Crippen LogP contribution in [0.15, 0.2) is 29.8 Å². The van der Waals surface area contributed by atoms with E-state index in [1.165, 1.54) is 6.08 Å². The van der Waals surface area contributed by atoms with E-state index in [0.717, 1.165) is 12.8 Å². The minimum absolute atomic E-state index is 0.135. The molecule has 0 saturated heterocycles. The number of Topliss-reactive ketones (excluding diaryl/α,β-unsaturated/α-hetero) is 1. The van der Waals surface area contributed by atoms with Gasteiger partial charge in [0.1, 0.15) is 5.57 Å². The predicted molar refractivity (Wildman–Crippen MR) is 96.2 cm³/mol. The van der Waals surface area contributed by atoms with Gasteiger partial charge < -0.3 is 9.47 Å². The average Bonchev–Trinajstić information content (AvgIpc) is 2.59. The molecule has 0 aliphatic carbocycles. The number of ether oxygens (including phenoxy) is 2. The van der Waals surface area contributed by atoms with Gasteiger partial charge in [-0.25, -0.2) is 9.59 Å². The summed E-state index contributed by atoms with van der Waals surface area (Å²) in [5.74, 6) is -2.92. The van der Waals surface area contributed by atoms with E-state index >= 15 is 0 Å². The van der Waals surface area contributed by atoms with Gasteiger partial charge in [0.25, 0.3) is 5.78 Å². The van der Waals surface area contributed by atoms with Gasteiger partial charge in [-0.05, 0) is 36.6 Å². The smallest absolute Gasteiger partial charge is 0.379 e. The van der Waals surface area contributed by atoms with Gasteiger partial charge in [-0.15, -0.1) is 0 Å². The number of carbonyl (C=O) groups is 3. The molecule has 5 nitrogen and oxygen atoms in total. The molecule has 0 radical (unpaired) electrons. The van der Waals surface area contributed by atoms with Crippen LogP contribution in [-0.2, 0) is 23.9 Å². The molecule has 0 fully saturated rings. The van der Waals surface area contributed by atoms with Crippen LogP contribution in [0.5, 0.6) is 0 Å². The first-order valence-corrected chi connectivity index (χ1v) is 8.73. The van der Waals surface area contributed by atoms with Gasteiger partial charge in [-0.3, -0.25) is 4.79 Å². The Labute approximate surface area is 153 Å². The second-order valence-electron chi connectivity index (χ2n) is 5.42. The molecule has 0 aliphatic rings. The van der Waals surface area contributed by atoms with Crippen molar-refractivity contribution < 1.29 is 23.9 Å². The second kappa shape index (κ2) is 11.4. The summed E-state index contributed by atoms with van der Waals surface area (Å²) in [7, 11) is 0. The lowest BCUT2D eigenvalue weighted by Crippen LogP contribution is -2.25. The van der Waals surface area contributed by atoms with E-state index < -0.39 is 17.7 Å². The third-order valence-electron chi connectivity index (χ3n) is 3.27. The van der Waals surface area contributed by atoms with Gasteiger partial charge in [0.15, 0.2) is 0 Å². The fraction of sp³-hybridized carbons (Fsp3) is 0.421. The van der Waals surface area contributed by atoms with Crippen LogP contribution in [0.3, 0.4) is 0 Å². The highest BCUT2D eigenvalue weighted by atomic mass is 35.5. The molecule has 6 heteroatoms. The van der Waals surface area contributed by atoms with Crippen LogP contribution < -0.4 is 0 Å². The number of unbranched alkanes of at least 4 members (excludes halogenated alkanes) is 2. The van der Waals surface area contributed by atoms with Crippen molar-refractivity contribution in [3.63, 3.8) is 0 Å². The summed E-state index contributed by atoms with van der Waals surface area (Å²) in [6, 6.07) is 6.59. The number of rotatable bonds is 10. The minimum atomic E-state index is -1.06. The van der Waals surface area contributed by atoms with E-state index in [0.29, 0.717) is 23.4 Å². The van der Waals surface area contributed by atoms with Crippen LogP contribution in [0, 0.1) is 0 Å². The van der Waals surface area contributed by atoms with E-state index in [1.54, 1.807) is 24.3 Å². The fourth-order valence-corrected chi connectivity index (χ4v) is 2.05. The third-order valence-corrected chi connectivity index (χ3v) is 3.51. The topological polar surface area (TPSA) is 69.7 Å². The normalized spacial score (nSPS) is 11.1. The molecular formula is C19H23ClO5. The monoisotopic (exact) mass is 366 g/mol. The second-order valence-corrected chi connectivity index (χ2v) is 5.86. The van der Waals surface area contributed by atoms with E-state index in [4.69, 9.17) is 21.1 Å². The average molecular weight is 367 g/mol. The number of hydrogen-bond donors (Lipinski definition) is 0. The number of carbonyl (C=O) groups excluding carboxylic acids is 3. The Bertz CT molecular complexity index is 636. The van der Waals surface area contributed by atoms with Gasteiger partial charge in [0.2, 0.25) is 0 Å². The summed E-state index contributed by atoms with van der Waals surface area (Å²) in [6.45, 7) is 4.20. The molecule has 0 aliphatic heterocycles. The van der Waals surface area contributed by atoms with Crippen molar-refractivity contribution in [1.29, 1.82) is 0 Å². The Morgan fingerprint density at radius 2 is 1.60 bits per heavy atom. The summed E-state index contributed by atoms with van der Waals surface area (Å²) in [6.07, 6.45) is 4.28. The molecule has 0 unspecified atom stereocenters. The third kappa shape index (κ3) is 7.52. The van der Waals surface area contributed by atoms with Crippen molar-refractivity contribution in [2.45, 2.75) is 39.5 Å². The molecule has 0 atom stereocenters. The number of benzene rings is 1. The van der Waals surface area contributed by atoms with Gasteiger partial charge in [-0.1, -0.05) is 50.4 Å². The summed E-state index contributed by atoms with van der Waals surface area (Å²) >= 11 is 5.91. The maximum Gasteiger partial charge on any atom is 0.379 e. The molecule has 0 bridgehead atoms. The standard InChI is InChI=1S/C19H23ClO5/c1-3-5-10-24-18(22)16(13-14-8-7-9-15(20)12-14)17(21)19(23)25-11-6-4-2/h7-9,12-13H,3-6,10-11H2,1-2H3. The Morgan fingerprint density at radius 3 is 2.16 bits per heavy atom. The van der Waals surface area contributed by atoms with E-state index in [2.05, 4.69) is 0 Å². The van der Waals surface area contributed by atoms with Crippen LogP contribution >= 0.6 is 11.6 Å². The Hall–Kier alpha value is -2.14. The van der Waals surface area contributed by atoms with E-state index in [9.17, 15) is 14.4 Å². The highest BCUT2D eigenvalue weighted by Gasteiger charge is 2.27. The molecule has 1 aromatic rings. The molecule has 25 heavy (non-hydrogen) atoms. The van der Waals surface area contributed by atoms with Crippen molar-refractivity contribution in [2.24, 2.45) is 0 Å². The van der Waals surface area contributed by atoms with Crippen molar-refractivity contribution >= 4 is 35.4 Å². The van der Waals surface area contributed by atoms with Gasteiger partial charge in [0, 0.05) is 5.02 Å². The maximum absolute atomic E-state index is 12.3. The van der Waals surface area contributed by atoms with Gasteiger partial charge in [-0.2, -0.15) is 0 Å². The van der Waals surface area contributed by atoms with Crippen LogP contribution in [0.25, 0.3) is 6.08 Å². The molecule has 0 heterocycles. The SMILES string of the molecule is CCCCOC(=O)C(=O)C(=Cc1cccc(Cl)c1)C(=O)OCCCC. The van der Waals surface area contributed by atoms with E-state index in [-0.39, 0.29) is 18.8 Å². The lowest BCUT2D eigenvalue weighted by atomic mass is 10.1. The molecular weight excluding hydrogens is 344 g/mol. The zero-order valence-corrected chi connectivity index (χ0v) is 15.3. The van der Waals surface area contributed by atoms with Crippen molar-refractivity contribution in [2.75, 3.05) is 13.2 Å². The predicted octanol–water partition coefficient (Wildman–Crippen LogP) is 3.98. The van der Waals surface area contributed by atoms with Crippen molar-refractivity contribution in [1.82, 2.24) is 0 Å². The van der Waals surface area contributed by atoms with Crippen LogP contribution in [0.4, 0.5) is 0 Å². The molecule has 0 saturated carbocycles. The molecule has 0 spiro atoms. The number of esters is 2. The van der Waals surface area contributed by atoms with Crippen LogP contribution in [0.2, 0.25) is 5.02 Å². The zero-order chi connectivity index (χ0) is 18.7. The number of hydrogen-bond acceptors (Lipinski definition) is 5. The highest BCUT2D eigenvalue weighted by Crippen LogP contribution is 2.15. The molecule has 0 aromatic heterocycles. The minimum Gasteiger partial charge on any atom is -0.462 e. The lowest BCUT2D eigenvalue weighted by molar-refractivity contribution is -0.154. The first-order valence-electron chi connectivity index (χ1n) is 8.35. The summed E-state index contributed by atoms with van der Waals surface area (Å²) in [5, 5.41) is 0.449. The quantitative estimate of drug-likeness (QED) is 0.156. The maximum atomic E-state index is 12.3. The summed E-state index contributed by atoms with van der Waals surface area (Å²) in [5.41, 5.74) is 0.157. The largest absolute Gasteiger partial charge is 0.462 e. The zero-order valence-electron chi connectivity index (χ0n) is 14.5. The Kier molecular flexibility index (Phi) is 9.55. The highest BCUT2D eigenvalue weighted by molar-refractivity contribution is 6.47.